The summed E-state index contributed by atoms with van der Waals surface area (Å²) in [6.45, 7) is 2.06. The Bertz CT molecular complexity index is 858. The maximum atomic E-state index is 12.0. The average Bonchev–Trinajstić information content (AvgIpc) is 2.89. The molecule has 0 saturated heterocycles. The summed E-state index contributed by atoms with van der Waals surface area (Å²) in [5, 5.41) is 7.39. The molecular formula is C18H20ClN3O4. The van der Waals surface area contributed by atoms with Crippen molar-refractivity contribution in [1.29, 1.82) is 0 Å². The van der Waals surface area contributed by atoms with E-state index >= 15 is 0 Å². The molecule has 2 aromatic rings. The smallest absolute Gasteiger partial charge is 0.341 e. The fourth-order valence-electron chi connectivity index (χ4n) is 2.38. The highest BCUT2D eigenvalue weighted by molar-refractivity contribution is 6.31. The molecular weight excluding hydrogens is 358 g/mol. The molecule has 138 valence electrons. The Hall–Kier alpha value is -2.80. The van der Waals surface area contributed by atoms with Gasteiger partial charge in [-0.05, 0) is 30.7 Å². The summed E-state index contributed by atoms with van der Waals surface area (Å²) in [7, 11) is 4.50. The maximum absolute atomic E-state index is 12.0. The van der Waals surface area contributed by atoms with Crippen LogP contribution >= 0.6 is 11.6 Å². The van der Waals surface area contributed by atoms with E-state index < -0.39 is 5.97 Å². The summed E-state index contributed by atoms with van der Waals surface area (Å²) in [5.74, 6) is -0.384. The number of hydrogen-bond donors (Lipinski definition) is 1. The van der Waals surface area contributed by atoms with E-state index in [1.807, 2.05) is 6.92 Å². The van der Waals surface area contributed by atoms with Gasteiger partial charge in [0.1, 0.15) is 16.5 Å². The van der Waals surface area contributed by atoms with Crippen molar-refractivity contribution < 1.29 is 19.1 Å². The van der Waals surface area contributed by atoms with Crippen LogP contribution in [0.4, 0.5) is 0 Å². The van der Waals surface area contributed by atoms with E-state index in [0.717, 1.165) is 11.3 Å². The lowest BCUT2D eigenvalue weighted by Gasteiger charge is -2.09. The first-order valence-electron chi connectivity index (χ1n) is 7.77. The molecule has 7 nitrogen and oxygen atoms in total. The van der Waals surface area contributed by atoms with Crippen LogP contribution in [0.15, 0.2) is 24.3 Å². The predicted molar refractivity (Wildman–Crippen MR) is 98.2 cm³/mol. The van der Waals surface area contributed by atoms with Crippen LogP contribution in [0, 0.1) is 6.92 Å². The zero-order valence-corrected chi connectivity index (χ0v) is 15.8. The second kappa shape index (κ2) is 8.53. The number of amides is 1. The van der Waals surface area contributed by atoms with Gasteiger partial charge < -0.3 is 14.8 Å². The van der Waals surface area contributed by atoms with Crippen molar-refractivity contribution in [2.24, 2.45) is 7.05 Å². The summed E-state index contributed by atoms with van der Waals surface area (Å²) in [5.41, 5.74) is 2.47. The zero-order valence-electron chi connectivity index (χ0n) is 15.0. The summed E-state index contributed by atoms with van der Waals surface area (Å²) >= 11 is 6.12. The van der Waals surface area contributed by atoms with Crippen LogP contribution in [-0.2, 0) is 23.1 Å². The Morgan fingerprint density at radius 2 is 2.08 bits per heavy atom. The van der Waals surface area contributed by atoms with Crippen molar-refractivity contribution in [2.75, 3.05) is 14.2 Å². The van der Waals surface area contributed by atoms with Crippen LogP contribution in [0.25, 0.3) is 6.08 Å². The molecule has 0 radical (unpaired) electrons. The van der Waals surface area contributed by atoms with Crippen LogP contribution < -0.4 is 10.1 Å². The lowest BCUT2D eigenvalue weighted by atomic mass is 10.1. The van der Waals surface area contributed by atoms with E-state index in [-0.39, 0.29) is 12.5 Å². The lowest BCUT2D eigenvalue weighted by molar-refractivity contribution is -0.116. The Morgan fingerprint density at radius 3 is 2.65 bits per heavy atom. The van der Waals surface area contributed by atoms with Gasteiger partial charge in [0.2, 0.25) is 5.91 Å². The molecule has 8 heteroatoms. The number of nitrogens with one attached hydrogen (secondary N) is 1. The highest BCUT2D eigenvalue weighted by atomic mass is 35.5. The van der Waals surface area contributed by atoms with Gasteiger partial charge in [-0.2, -0.15) is 5.10 Å². The molecule has 0 atom stereocenters. The molecule has 0 bridgehead atoms. The van der Waals surface area contributed by atoms with Gasteiger partial charge in [0.05, 0.1) is 19.9 Å². The molecule has 1 amide bonds. The number of hydrogen-bond acceptors (Lipinski definition) is 5. The minimum Gasteiger partial charge on any atom is -0.496 e. The maximum Gasteiger partial charge on any atom is 0.341 e. The third-order valence-electron chi connectivity index (χ3n) is 3.73. The normalized spacial score (nSPS) is 10.8. The van der Waals surface area contributed by atoms with Gasteiger partial charge in [-0.15, -0.1) is 0 Å². The van der Waals surface area contributed by atoms with Crippen molar-refractivity contribution in [1.82, 2.24) is 15.1 Å². The topological polar surface area (TPSA) is 82.5 Å². The molecule has 1 aromatic heterocycles. The predicted octanol–water partition coefficient (Wildman–Crippen LogP) is 2.51. The number of aromatic nitrogens is 2. The van der Waals surface area contributed by atoms with Crippen molar-refractivity contribution in [3.8, 4) is 5.75 Å². The number of nitrogens with zero attached hydrogens (tertiary/aromatic N) is 2. The Morgan fingerprint density at radius 1 is 1.35 bits per heavy atom. The number of rotatable bonds is 6. The van der Waals surface area contributed by atoms with E-state index in [2.05, 4.69) is 10.4 Å². The molecule has 26 heavy (non-hydrogen) atoms. The first kappa shape index (κ1) is 19.5. The number of methoxy groups -OCH3 is 2. The van der Waals surface area contributed by atoms with E-state index in [1.54, 1.807) is 36.0 Å². The Balaban J connectivity index is 2.05. The summed E-state index contributed by atoms with van der Waals surface area (Å²) in [6.07, 6.45) is 3.01. The quantitative estimate of drug-likeness (QED) is 0.617. The molecule has 1 heterocycles. The lowest BCUT2D eigenvalue weighted by Crippen LogP contribution is -2.20. The summed E-state index contributed by atoms with van der Waals surface area (Å²) < 4.78 is 11.4. The summed E-state index contributed by atoms with van der Waals surface area (Å²) in [6, 6.07) is 5.04. The van der Waals surface area contributed by atoms with E-state index in [4.69, 9.17) is 21.1 Å². The molecule has 0 aliphatic heterocycles. The molecule has 1 N–H and O–H groups in total. The second-order valence-electron chi connectivity index (χ2n) is 5.49. The number of carbonyl (C=O) groups excluding carboxylic acids is 2. The van der Waals surface area contributed by atoms with Crippen molar-refractivity contribution >= 4 is 29.6 Å². The minimum absolute atomic E-state index is 0.247. The van der Waals surface area contributed by atoms with Crippen LogP contribution in [0.5, 0.6) is 5.75 Å². The number of esters is 1. The van der Waals surface area contributed by atoms with Crippen LogP contribution in [0.2, 0.25) is 5.15 Å². The van der Waals surface area contributed by atoms with Crippen molar-refractivity contribution in [3.05, 3.63) is 51.8 Å². The SMILES string of the molecule is COC(=O)c1cc(CNC(=O)/C=C/c2c(C)nn(C)c2Cl)ccc1OC. The Labute approximate surface area is 156 Å². The van der Waals surface area contributed by atoms with Gasteiger partial charge in [-0.3, -0.25) is 9.48 Å². The Kier molecular flexibility index (Phi) is 6.41. The van der Waals surface area contributed by atoms with Gasteiger partial charge in [0, 0.05) is 25.2 Å². The average molecular weight is 378 g/mol. The number of benzene rings is 1. The largest absolute Gasteiger partial charge is 0.496 e. The van der Waals surface area contributed by atoms with Gasteiger partial charge in [-0.25, -0.2) is 4.79 Å². The van der Waals surface area contributed by atoms with Crippen LogP contribution in [0.1, 0.15) is 27.2 Å². The summed E-state index contributed by atoms with van der Waals surface area (Å²) in [4.78, 5) is 23.8. The fourth-order valence-corrected chi connectivity index (χ4v) is 2.61. The van der Waals surface area contributed by atoms with E-state index in [1.165, 1.54) is 20.3 Å². The van der Waals surface area contributed by atoms with Gasteiger partial charge in [0.15, 0.2) is 0 Å². The molecule has 0 aliphatic rings. The molecule has 0 spiro atoms. The molecule has 0 fully saturated rings. The van der Waals surface area contributed by atoms with E-state index in [0.29, 0.717) is 22.0 Å². The number of ether oxygens (including phenoxy) is 2. The zero-order chi connectivity index (χ0) is 19.3. The molecule has 1 aromatic carbocycles. The number of carbonyl (C=O) groups is 2. The van der Waals surface area contributed by atoms with Gasteiger partial charge in [0.25, 0.3) is 0 Å². The third kappa shape index (κ3) is 4.43. The highest BCUT2D eigenvalue weighted by Crippen LogP contribution is 2.21. The highest BCUT2D eigenvalue weighted by Gasteiger charge is 2.13. The molecule has 0 saturated carbocycles. The molecule has 0 aliphatic carbocycles. The fraction of sp³-hybridized carbons (Fsp3) is 0.278. The molecule has 2 rings (SSSR count). The van der Waals surface area contributed by atoms with Crippen molar-refractivity contribution in [2.45, 2.75) is 13.5 Å². The van der Waals surface area contributed by atoms with E-state index in [9.17, 15) is 9.59 Å². The van der Waals surface area contributed by atoms with Crippen LogP contribution in [0.3, 0.4) is 0 Å². The van der Waals surface area contributed by atoms with Crippen LogP contribution in [-0.4, -0.2) is 35.9 Å². The standard InChI is InChI=1S/C18H20ClN3O4/c1-11-13(17(19)22(2)21-11)6-8-16(23)20-10-12-5-7-15(25-3)14(9-12)18(24)26-4/h5-9H,10H2,1-4H3,(H,20,23)/b8-6+. The third-order valence-corrected chi connectivity index (χ3v) is 4.18. The first-order chi connectivity index (χ1) is 12.4. The number of halogens is 1. The monoisotopic (exact) mass is 377 g/mol. The van der Waals surface area contributed by atoms with Crippen molar-refractivity contribution in [3.63, 3.8) is 0 Å². The van der Waals surface area contributed by atoms with Gasteiger partial charge >= 0.3 is 5.97 Å². The van der Waals surface area contributed by atoms with Gasteiger partial charge in [-0.1, -0.05) is 17.7 Å². The molecule has 0 unspecified atom stereocenters. The number of aryl methyl sites for hydroxylation is 2. The second-order valence-corrected chi connectivity index (χ2v) is 5.85. The first-order valence-corrected chi connectivity index (χ1v) is 8.15. The minimum atomic E-state index is -0.503.